The Morgan fingerprint density at radius 3 is 2.75 bits per heavy atom. The van der Waals surface area contributed by atoms with Crippen molar-refractivity contribution in [2.45, 2.75) is 18.8 Å². The van der Waals surface area contributed by atoms with E-state index >= 15 is 0 Å². The molecule has 1 aromatic heterocycles. The zero-order valence-corrected chi connectivity index (χ0v) is 13.2. The summed E-state index contributed by atoms with van der Waals surface area (Å²) < 4.78 is 31.9. The van der Waals surface area contributed by atoms with Gasteiger partial charge in [-0.1, -0.05) is 12.1 Å². The summed E-state index contributed by atoms with van der Waals surface area (Å²) in [6.07, 6.45) is 1.14. The van der Waals surface area contributed by atoms with E-state index < -0.39 is 19.0 Å². The number of aromatic nitrogens is 1. The van der Waals surface area contributed by atoms with Crippen molar-refractivity contribution in [1.82, 2.24) is 10.3 Å². The molecule has 8 heteroatoms. The number of fused-ring (bicyclic) bond motifs is 1. The molecule has 0 spiro atoms. The largest absolute Gasteiger partial charge is 0.423 e. The van der Waals surface area contributed by atoms with Crippen molar-refractivity contribution in [1.29, 1.82) is 0 Å². The van der Waals surface area contributed by atoms with E-state index in [9.17, 15) is 13.6 Å². The number of carbonyl (C=O) groups is 1. The molecule has 1 aliphatic rings. The van der Waals surface area contributed by atoms with E-state index in [4.69, 9.17) is 10.2 Å². The first-order valence-electron chi connectivity index (χ1n) is 7.95. The molecule has 3 rings (SSSR count). The van der Waals surface area contributed by atoms with Crippen molar-refractivity contribution >= 4 is 23.0 Å². The van der Waals surface area contributed by atoms with Crippen molar-refractivity contribution in [3.63, 3.8) is 0 Å². The molecule has 0 saturated carbocycles. The van der Waals surface area contributed by atoms with Gasteiger partial charge in [0.25, 0.3) is 11.9 Å². The minimum Gasteiger partial charge on any atom is -0.423 e. The molecular weight excluding hydrogens is 318 g/mol. The van der Waals surface area contributed by atoms with Crippen molar-refractivity contribution in [3.05, 3.63) is 24.3 Å². The van der Waals surface area contributed by atoms with Crippen LogP contribution in [0.15, 0.2) is 28.7 Å². The standard InChI is InChI=1S/C16H20F2N4O2/c17-16(18,9-19)10-20-14(23)11-5-7-22(8-6-11)15-21-12-3-1-2-4-13(12)24-15/h1-4,11H,5-10,19H2,(H,20,23). The summed E-state index contributed by atoms with van der Waals surface area (Å²) in [6.45, 7) is -0.298. The number of carbonyl (C=O) groups excluding carboxylic acids is 1. The maximum Gasteiger partial charge on any atom is 0.298 e. The number of para-hydroxylation sites is 2. The number of nitrogens with two attached hydrogens (primary N) is 1. The lowest BCUT2D eigenvalue weighted by Crippen LogP contribution is -2.46. The molecule has 0 atom stereocenters. The SMILES string of the molecule is NCC(F)(F)CNC(=O)C1CCN(c2nc3ccccc3o2)CC1. The van der Waals surface area contributed by atoms with Crippen LogP contribution in [-0.2, 0) is 4.79 Å². The van der Waals surface area contributed by atoms with E-state index in [-0.39, 0.29) is 11.8 Å². The smallest absolute Gasteiger partial charge is 0.298 e. The highest BCUT2D eigenvalue weighted by atomic mass is 19.3. The van der Waals surface area contributed by atoms with Crippen molar-refractivity contribution in [2.75, 3.05) is 31.1 Å². The lowest BCUT2D eigenvalue weighted by atomic mass is 9.96. The highest BCUT2D eigenvalue weighted by Gasteiger charge is 2.31. The first-order valence-corrected chi connectivity index (χ1v) is 7.95. The van der Waals surface area contributed by atoms with Crippen LogP contribution in [0.25, 0.3) is 11.1 Å². The van der Waals surface area contributed by atoms with Crippen LogP contribution in [0.4, 0.5) is 14.8 Å². The van der Waals surface area contributed by atoms with Crippen LogP contribution in [0, 0.1) is 5.92 Å². The van der Waals surface area contributed by atoms with Gasteiger partial charge in [0.2, 0.25) is 5.91 Å². The third kappa shape index (κ3) is 3.64. The second-order valence-electron chi connectivity index (χ2n) is 6.00. The Morgan fingerprint density at radius 2 is 2.08 bits per heavy atom. The number of oxazole rings is 1. The molecule has 0 bridgehead atoms. The first-order chi connectivity index (χ1) is 11.5. The quantitative estimate of drug-likeness (QED) is 0.868. The van der Waals surface area contributed by atoms with E-state index in [0.29, 0.717) is 31.9 Å². The Labute approximate surface area is 138 Å². The molecule has 2 heterocycles. The van der Waals surface area contributed by atoms with Crippen LogP contribution in [-0.4, -0.2) is 43.0 Å². The molecule has 24 heavy (non-hydrogen) atoms. The minimum absolute atomic E-state index is 0.279. The van der Waals surface area contributed by atoms with Crippen molar-refractivity contribution in [3.8, 4) is 0 Å². The molecule has 0 unspecified atom stereocenters. The third-order valence-electron chi connectivity index (χ3n) is 4.24. The number of rotatable bonds is 5. The summed E-state index contributed by atoms with van der Waals surface area (Å²) in [6, 6.07) is 8.03. The highest BCUT2D eigenvalue weighted by Crippen LogP contribution is 2.26. The zero-order chi connectivity index (χ0) is 17.2. The lowest BCUT2D eigenvalue weighted by molar-refractivity contribution is -0.127. The fourth-order valence-corrected chi connectivity index (χ4v) is 2.76. The number of benzene rings is 1. The molecule has 1 aliphatic heterocycles. The van der Waals surface area contributed by atoms with E-state index in [0.717, 1.165) is 11.1 Å². The van der Waals surface area contributed by atoms with Gasteiger partial charge >= 0.3 is 0 Å². The normalized spacial score (nSPS) is 16.5. The van der Waals surface area contributed by atoms with Gasteiger partial charge in [-0.2, -0.15) is 4.98 Å². The Morgan fingerprint density at radius 1 is 1.38 bits per heavy atom. The maximum absolute atomic E-state index is 13.1. The highest BCUT2D eigenvalue weighted by molar-refractivity contribution is 5.79. The molecule has 0 radical (unpaired) electrons. The van der Waals surface area contributed by atoms with E-state index in [1.807, 2.05) is 29.2 Å². The molecule has 1 aromatic carbocycles. The van der Waals surface area contributed by atoms with Gasteiger partial charge < -0.3 is 20.4 Å². The Bertz CT molecular complexity index is 678. The van der Waals surface area contributed by atoms with E-state index in [2.05, 4.69) is 10.3 Å². The zero-order valence-electron chi connectivity index (χ0n) is 13.2. The lowest BCUT2D eigenvalue weighted by Gasteiger charge is -2.30. The van der Waals surface area contributed by atoms with Crippen molar-refractivity contribution in [2.24, 2.45) is 11.7 Å². The van der Waals surface area contributed by atoms with Crippen LogP contribution in [0.3, 0.4) is 0 Å². The van der Waals surface area contributed by atoms with Crippen LogP contribution < -0.4 is 16.0 Å². The summed E-state index contributed by atoms with van der Waals surface area (Å²) in [5.74, 6) is -3.69. The van der Waals surface area contributed by atoms with Crippen LogP contribution in [0.5, 0.6) is 0 Å². The number of alkyl halides is 2. The molecule has 0 aliphatic carbocycles. The second-order valence-corrected chi connectivity index (χ2v) is 6.00. The number of hydrogen-bond acceptors (Lipinski definition) is 5. The molecule has 1 saturated heterocycles. The molecular formula is C16H20F2N4O2. The summed E-state index contributed by atoms with van der Waals surface area (Å²) in [4.78, 5) is 18.4. The monoisotopic (exact) mass is 338 g/mol. The predicted molar refractivity (Wildman–Crippen MR) is 86.0 cm³/mol. The molecule has 3 N–H and O–H groups in total. The first kappa shape index (κ1) is 16.6. The topological polar surface area (TPSA) is 84.4 Å². The minimum atomic E-state index is -3.06. The van der Waals surface area contributed by atoms with Gasteiger partial charge in [-0.25, -0.2) is 8.78 Å². The number of nitrogens with zero attached hydrogens (tertiary/aromatic N) is 2. The molecule has 1 fully saturated rings. The summed E-state index contributed by atoms with van der Waals surface area (Å²) in [5, 5.41) is 2.29. The van der Waals surface area contributed by atoms with Crippen LogP contribution >= 0.6 is 0 Å². The van der Waals surface area contributed by atoms with Gasteiger partial charge in [-0.15, -0.1) is 0 Å². The van der Waals surface area contributed by atoms with E-state index in [1.165, 1.54) is 0 Å². The van der Waals surface area contributed by atoms with Crippen LogP contribution in [0.2, 0.25) is 0 Å². The number of hydrogen-bond donors (Lipinski definition) is 2. The number of nitrogens with one attached hydrogen (secondary N) is 1. The average molecular weight is 338 g/mol. The Kier molecular flexibility index (Phi) is 4.66. The van der Waals surface area contributed by atoms with Gasteiger partial charge in [0, 0.05) is 19.0 Å². The predicted octanol–water partition coefficient (Wildman–Crippen LogP) is 1.75. The second kappa shape index (κ2) is 6.72. The van der Waals surface area contributed by atoms with Gasteiger partial charge in [-0.05, 0) is 25.0 Å². The molecule has 6 nitrogen and oxygen atoms in total. The van der Waals surface area contributed by atoms with Gasteiger partial charge in [0.05, 0.1) is 13.1 Å². The summed E-state index contributed by atoms with van der Waals surface area (Å²) >= 11 is 0. The van der Waals surface area contributed by atoms with Gasteiger partial charge in [0.1, 0.15) is 5.52 Å². The van der Waals surface area contributed by atoms with Crippen molar-refractivity contribution < 1.29 is 18.0 Å². The van der Waals surface area contributed by atoms with E-state index in [1.54, 1.807) is 0 Å². The van der Waals surface area contributed by atoms with Gasteiger partial charge in [-0.3, -0.25) is 4.79 Å². The fraction of sp³-hybridized carbons (Fsp3) is 0.500. The Hall–Kier alpha value is -2.22. The maximum atomic E-state index is 13.1. The summed E-state index contributed by atoms with van der Waals surface area (Å²) in [5.41, 5.74) is 6.47. The third-order valence-corrected chi connectivity index (χ3v) is 4.24. The summed E-state index contributed by atoms with van der Waals surface area (Å²) in [7, 11) is 0. The van der Waals surface area contributed by atoms with Gasteiger partial charge in [0.15, 0.2) is 5.58 Å². The Balaban J connectivity index is 1.54. The fourth-order valence-electron chi connectivity index (χ4n) is 2.76. The van der Waals surface area contributed by atoms with Crippen LogP contribution in [0.1, 0.15) is 12.8 Å². The number of piperidine rings is 1. The molecule has 1 amide bonds. The molecule has 130 valence electrons. The number of anilines is 1. The number of amides is 1. The average Bonchev–Trinajstić information content (AvgIpc) is 3.04. The molecule has 2 aromatic rings. The number of halogens is 2.